The lowest BCUT2D eigenvalue weighted by atomic mass is 10.2. The predicted molar refractivity (Wildman–Crippen MR) is 80.1 cm³/mol. The average molecular weight is 277 g/mol. The van der Waals surface area contributed by atoms with Gasteiger partial charge in [-0.05, 0) is 26.0 Å². The van der Waals surface area contributed by atoms with Gasteiger partial charge in [0.2, 0.25) is 5.91 Å². The van der Waals surface area contributed by atoms with Gasteiger partial charge in [-0.15, -0.1) is 0 Å². The van der Waals surface area contributed by atoms with Crippen LogP contribution in [0.4, 0.5) is 5.69 Å². The van der Waals surface area contributed by atoms with Crippen molar-refractivity contribution in [1.29, 1.82) is 0 Å². The summed E-state index contributed by atoms with van der Waals surface area (Å²) in [6.45, 7) is 7.84. The predicted octanol–water partition coefficient (Wildman–Crippen LogP) is 1.32. The number of carbonyl (C=O) groups is 1. The highest BCUT2D eigenvalue weighted by Crippen LogP contribution is 2.23. The molecule has 20 heavy (non-hydrogen) atoms. The van der Waals surface area contributed by atoms with Gasteiger partial charge in [0.15, 0.2) is 0 Å². The van der Waals surface area contributed by atoms with Gasteiger partial charge in [-0.25, -0.2) is 0 Å². The molecule has 1 aromatic carbocycles. The molecule has 1 aliphatic rings. The zero-order valence-corrected chi connectivity index (χ0v) is 12.2. The highest BCUT2D eigenvalue weighted by molar-refractivity contribution is 5.93. The average Bonchev–Trinajstić information content (AvgIpc) is 2.44. The lowest BCUT2D eigenvalue weighted by Gasteiger charge is -2.33. The van der Waals surface area contributed by atoms with Gasteiger partial charge in [0.05, 0.1) is 18.8 Å². The molecular weight excluding hydrogens is 254 g/mol. The van der Waals surface area contributed by atoms with E-state index in [9.17, 15) is 4.79 Å². The van der Waals surface area contributed by atoms with Gasteiger partial charge in [-0.2, -0.15) is 0 Å². The third-order valence-corrected chi connectivity index (χ3v) is 3.45. The smallest absolute Gasteiger partial charge is 0.238 e. The second-order valence-electron chi connectivity index (χ2n) is 5.00. The number of nitrogens with zero attached hydrogens (tertiary/aromatic N) is 1. The van der Waals surface area contributed by atoms with Gasteiger partial charge in [-0.3, -0.25) is 9.69 Å². The fourth-order valence-electron chi connectivity index (χ4n) is 2.34. The Morgan fingerprint density at radius 3 is 3.05 bits per heavy atom. The van der Waals surface area contributed by atoms with E-state index >= 15 is 0 Å². The lowest BCUT2D eigenvalue weighted by Crippen LogP contribution is -2.51. The van der Waals surface area contributed by atoms with E-state index in [1.165, 1.54) is 0 Å². The molecule has 5 heteroatoms. The highest BCUT2D eigenvalue weighted by Gasteiger charge is 2.20. The Labute approximate surface area is 120 Å². The Bertz CT molecular complexity index is 450. The van der Waals surface area contributed by atoms with Gasteiger partial charge in [0.25, 0.3) is 0 Å². The molecule has 2 rings (SSSR count). The van der Waals surface area contributed by atoms with Crippen molar-refractivity contribution in [2.45, 2.75) is 19.9 Å². The molecule has 0 saturated carbocycles. The Hall–Kier alpha value is -1.59. The van der Waals surface area contributed by atoms with Gasteiger partial charge >= 0.3 is 0 Å². The number of benzene rings is 1. The fourth-order valence-corrected chi connectivity index (χ4v) is 2.34. The summed E-state index contributed by atoms with van der Waals surface area (Å²) in [5.41, 5.74) is 0.738. The molecule has 1 aromatic rings. The first kappa shape index (κ1) is 14.8. The molecule has 0 aliphatic carbocycles. The number of hydrogen-bond donors (Lipinski definition) is 2. The van der Waals surface area contributed by atoms with Crippen LogP contribution in [0.2, 0.25) is 0 Å². The third-order valence-electron chi connectivity index (χ3n) is 3.45. The third kappa shape index (κ3) is 3.95. The molecular formula is C15H23N3O2. The Kier molecular flexibility index (Phi) is 5.38. The van der Waals surface area contributed by atoms with Gasteiger partial charge in [0.1, 0.15) is 5.75 Å². The standard InChI is InChI=1S/C15H23N3O2/c1-3-20-14-7-5-4-6-13(14)17-15(19)11-18-9-8-16-10-12(18)2/h4-7,12,16H,3,8-11H2,1-2H3,(H,17,19). The summed E-state index contributed by atoms with van der Waals surface area (Å²) < 4.78 is 5.51. The van der Waals surface area contributed by atoms with Crippen molar-refractivity contribution in [2.75, 3.05) is 38.1 Å². The molecule has 110 valence electrons. The Balaban J connectivity index is 1.94. The van der Waals surface area contributed by atoms with Gasteiger partial charge < -0.3 is 15.4 Å². The molecule has 1 atom stereocenters. The number of rotatable bonds is 5. The molecule has 1 fully saturated rings. The van der Waals surface area contributed by atoms with E-state index < -0.39 is 0 Å². The van der Waals surface area contributed by atoms with E-state index in [0.717, 1.165) is 31.1 Å². The van der Waals surface area contributed by atoms with Crippen LogP contribution in [0.1, 0.15) is 13.8 Å². The number of para-hydroxylation sites is 2. The lowest BCUT2D eigenvalue weighted by molar-refractivity contribution is -0.118. The maximum atomic E-state index is 12.2. The van der Waals surface area contributed by atoms with Crippen LogP contribution in [0.3, 0.4) is 0 Å². The van der Waals surface area contributed by atoms with Crippen molar-refractivity contribution in [1.82, 2.24) is 10.2 Å². The first-order chi connectivity index (χ1) is 9.70. The molecule has 0 bridgehead atoms. The van der Waals surface area contributed by atoms with Crippen LogP contribution in [0.25, 0.3) is 0 Å². The van der Waals surface area contributed by atoms with Crippen LogP contribution in [0.5, 0.6) is 5.75 Å². The van der Waals surface area contributed by atoms with E-state index in [1.807, 2.05) is 31.2 Å². The van der Waals surface area contributed by atoms with E-state index in [4.69, 9.17) is 4.74 Å². The minimum Gasteiger partial charge on any atom is -0.492 e. The minimum absolute atomic E-state index is 0.00547. The van der Waals surface area contributed by atoms with E-state index in [2.05, 4.69) is 22.5 Å². The molecule has 1 heterocycles. The van der Waals surface area contributed by atoms with Crippen molar-refractivity contribution >= 4 is 11.6 Å². The van der Waals surface area contributed by atoms with Crippen LogP contribution in [0, 0.1) is 0 Å². The molecule has 5 nitrogen and oxygen atoms in total. The van der Waals surface area contributed by atoms with Gasteiger partial charge in [0, 0.05) is 25.7 Å². The van der Waals surface area contributed by atoms with E-state index in [1.54, 1.807) is 0 Å². The fraction of sp³-hybridized carbons (Fsp3) is 0.533. The van der Waals surface area contributed by atoms with Crippen LogP contribution < -0.4 is 15.4 Å². The van der Waals surface area contributed by atoms with Crippen LogP contribution in [-0.4, -0.2) is 49.6 Å². The summed E-state index contributed by atoms with van der Waals surface area (Å²) in [5, 5.41) is 6.26. The molecule has 1 unspecified atom stereocenters. The molecule has 1 saturated heterocycles. The maximum Gasteiger partial charge on any atom is 0.238 e. The summed E-state index contributed by atoms with van der Waals surface area (Å²) in [5.74, 6) is 0.725. The largest absolute Gasteiger partial charge is 0.492 e. The van der Waals surface area contributed by atoms with Crippen molar-refractivity contribution in [2.24, 2.45) is 0 Å². The normalized spacial score (nSPS) is 19.6. The topological polar surface area (TPSA) is 53.6 Å². The second-order valence-corrected chi connectivity index (χ2v) is 5.00. The van der Waals surface area contributed by atoms with Crippen LogP contribution in [-0.2, 0) is 4.79 Å². The zero-order chi connectivity index (χ0) is 14.4. The maximum absolute atomic E-state index is 12.2. The quantitative estimate of drug-likeness (QED) is 0.852. The molecule has 1 amide bonds. The zero-order valence-electron chi connectivity index (χ0n) is 12.2. The molecule has 2 N–H and O–H groups in total. The first-order valence-corrected chi connectivity index (χ1v) is 7.17. The van der Waals surface area contributed by atoms with Crippen molar-refractivity contribution in [3.8, 4) is 5.75 Å². The second kappa shape index (κ2) is 7.26. The molecule has 0 aromatic heterocycles. The Morgan fingerprint density at radius 1 is 1.50 bits per heavy atom. The van der Waals surface area contributed by atoms with Crippen molar-refractivity contribution < 1.29 is 9.53 Å². The number of ether oxygens (including phenoxy) is 1. The number of carbonyl (C=O) groups excluding carboxylic acids is 1. The van der Waals surface area contributed by atoms with Crippen LogP contribution in [0.15, 0.2) is 24.3 Å². The number of piperazine rings is 1. The summed E-state index contributed by atoms with van der Waals surface area (Å²) in [6, 6.07) is 7.91. The summed E-state index contributed by atoms with van der Waals surface area (Å²) in [7, 11) is 0. The summed E-state index contributed by atoms with van der Waals surface area (Å²) in [6.07, 6.45) is 0. The van der Waals surface area contributed by atoms with Crippen LogP contribution >= 0.6 is 0 Å². The summed E-state index contributed by atoms with van der Waals surface area (Å²) in [4.78, 5) is 14.3. The minimum atomic E-state index is 0.00547. The highest BCUT2D eigenvalue weighted by atomic mass is 16.5. The van der Waals surface area contributed by atoms with E-state index in [0.29, 0.717) is 19.2 Å². The number of nitrogens with one attached hydrogen (secondary N) is 2. The number of hydrogen-bond acceptors (Lipinski definition) is 4. The Morgan fingerprint density at radius 2 is 2.30 bits per heavy atom. The van der Waals surface area contributed by atoms with Gasteiger partial charge in [-0.1, -0.05) is 12.1 Å². The van der Waals surface area contributed by atoms with Crippen molar-refractivity contribution in [3.63, 3.8) is 0 Å². The molecule has 0 radical (unpaired) electrons. The summed E-state index contributed by atoms with van der Waals surface area (Å²) >= 11 is 0. The SMILES string of the molecule is CCOc1ccccc1NC(=O)CN1CCNCC1C. The molecule has 1 aliphatic heterocycles. The van der Waals surface area contributed by atoms with Crippen molar-refractivity contribution in [3.05, 3.63) is 24.3 Å². The molecule has 0 spiro atoms. The number of amides is 1. The first-order valence-electron chi connectivity index (χ1n) is 7.17. The number of anilines is 1. The van der Waals surface area contributed by atoms with E-state index in [-0.39, 0.29) is 5.91 Å². The monoisotopic (exact) mass is 277 g/mol.